The van der Waals surface area contributed by atoms with Crippen molar-refractivity contribution in [2.24, 2.45) is 0 Å². The van der Waals surface area contributed by atoms with E-state index in [1.807, 2.05) is 12.1 Å². The quantitative estimate of drug-likeness (QED) is 0.646. The first kappa shape index (κ1) is 20.4. The maximum Gasteiger partial charge on any atom is 0.134 e. The zero-order valence-corrected chi connectivity index (χ0v) is 18.6. The van der Waals surface area contributed by atoms with Gasteiger partial charge in [-0.3, -0.25) is 9.88 Å². The Morgan fingerprint density at radius 1 is 1.18 bits per heavy atom. The molecule has 2 saturated heterocycles. The summed E-state index contributed by atoms with van der Waals surface area (Å²) in [5.74, 6) is 0. The third-order valence-electron chi connectivity index (χ3n) is 7.40. The third-order valence-corrected chi connectivity index (χ3v) is 7.40. The number of nitriles is 1. The summed E-state index contributed by atoms with van der Waals surface area (Å²) in [4.78, 5) is 9.50. The highest BCUT2D eigenvalue weighted by molar-refractivity contribution is 5.95. The van der Waals surface area contributed by atoms with Crippen molar-refractivity contribution >= 4 is 22.3 Å². The van der Waals surface area contributed by atoms with Crippen LogP contribution in [0.4, 0.5) is 15.8 Å². The minimum absolute atomic E-state index is 0.167. The highest BCUT2D eigenvalue weighted by Crippen LogP contribution is 2.42. The van der Waals surface area contributed by atoms with E-state index in [0.29, 0.717) is 30.7 Å². The van der Waals surface area contributed by atoms with Gasteiger partial charge in [0.15, 0.2) is 0 Å². The Labute approximate surface area is 193 Å². The summed E-state index contributed by atoms with van der Waals surface area (Å²) in [6.07, 6.45) is 0.897. The zero-order valence-electron chi connectivity index (χ0n) is 18.6. The van der Waals surface area contributed by atoms with Crippen molar-refractivity contribution in [1.29, 1.82) is 5.26 Å². The Morgan fingerprint density at radius 3 is 2.91 bits per heavy atom. The van der Waals surface area contributed by atoms with Crippen molar-refractivity contribution < 1.29 is 4.39 Å². The van der Waals surface area contributed by atoms with Crippen molar-refractivity contribution in [2.75, 3.05) is 36.4 Å². The highest BCUT2D eigenvalue weighted by atomic mass is 19.1. The summed E-state index contributed by atoms with van der Waals surface area (Å²) in [7, 11) is 0. The molecule has 3 aliphatic heterocycles. The molecule has 0 spiro atoms. The van der Waals surface area contributed by atoms with Gasteiger partial charge in [-0.25, -0.2) is 4.39 Å². The van der Waals surface area contributed by atoms with Crippen LogP contribution in [0.3, 0.4) is 0 Å². The van der Waals surface area contributed by atoms with Crippen LogP contribution in [-0.2, 0) is 6.54 Å². The van der Waals surface area contributed by atoms with Gasteiger partial charge in [-0.05, 0) is 54.4 Å². The van der Waals surface area contributed by atoms with Crippen LogP contribution < -0.4 is 15.5 Å². The van der Waals surface area contributed by atoms with E-state index in [1.54, 1.807) is 6.20 Å². The predicted molar refractivity (Wildman–Crippen MR) is 128 cm³/mol. The van der Waals surface area contributed by atoms with E-state index >= 15 is 0 Å². The molecule has 2 N–H and O–H groups in total. The lowest BCUT2D eigenvalue weighted by atomic mass is 9.99. The Kier molecular flexibility index (Phi) is 4.93. The zero-order chi connectivity index (χ0) is 22.5. The number of rotatable bonds is 3. The van der Waals surface area contributed by atoms with Gasteiger partial charge in [0.05, 0.1) is 23.2 Å². The Bertz CT molecular complexity index is 1250. The number of fused-ring (bicyclic) bond motifs is 4. The normalized spacial score (nSPS) is 26.8. The summed E-state index contributed by atoms with van der Waals surface area (Å²) < 4.78 is 14.0. The van der Waals surface area contributed by atoms with E-state index < -0.39 is 6.17 Å². The standard InChI is InChI=1S/C26H27FN6/c1-16-13-32(24-7-4-17(10-28)26-21(24)3-2-8-30-26)15-25-20-6-5-19(9-18(20)14-33(16)25)31-23-12-29-11-22(23)27/h2-9,16,22-23,25,29,31H,11-15H2,1H3. The maximum absolute atomic E-state index is 14.0. The number of anilines is 2. The van der Waals surface area contributed by atoms with Gasteiger partial charge >= 0.3 is 0 Å². The summed E-state index contributed by atoms with van der Waals surface area (Å²) in [6, 6.07) is 17.3. The summed E-state index contributed by atoms with van der Waals surface area (Å²) >= 11 is 0. The number of alkyl halides is 1. The van der Waals surface area contributed by atoms with E-state index in [2.05, 4.69) is 68.7 Å². The smallest absolute Gasteiger partial charge is 0.134 e. The summed E-state index contributed by atoms with van der Waals surface area (Å²) in [6.45, 7) is 6.09. The Morgan fingerprint density at radius 2 is 2.09 bits per heavy atom. The van der Waals surface area contributed by atoms with Crippen molar-refractivity contribution in [3.63, 3.8) is 0 Å². The monoisotopic (exact) mass is 442 g/mol. The predicted octanol–water partition coefficient (Wildman–Crippen LogP) is 3.59. The van der Waals surface area contributed by atoms with E-state index in [1.165, 1.54) is 11.1 Å². The van der Waals surface area contributed by atoms with Crippen LogP contribution in [0.2, 0.25) is 0 Å². The third kappa shape index (κ3) is 3.41. The molecular formula is C26H27FN6. The number of piperazine rings is 1. The largest absolute Gasteiger partial charge is 0.378 e. The lowest BCUT2D eigenvalue weighted by molar-refractivity contribution is 0.134. The maximum atomic E-state index is 14.0. The molecular weight excluding hydrogens is 415 g/mol. The van der Waals surface area contributed by atoms with Crippen LogP contribution in [0, 0.1) is 11.3 Å². The van der Waals surface area contributed by atoms with Gasteiger partial charge in [-0.15, -0.1) is 0 Å². The second-order valence-corrected chi connectivity index (χ2v) is 9.42. The van der Waals surface area contributed by atoms with E-state index in [0.717, 1.165) is 41.9 Å². The van der Waals surface area contributed by atoms with Crippen LogP contribution in [0.15, 0.2) is 48.7 Å². The molecule has 2 fully saturated rings. The minimum Gasteiger partial charge on any atom is -0.378 e. The minimum atomic E-state index is -0.852. The van der Waals surface area contributed by atoms with Crippen molar-refractivity contribution in [2.45, 2.75) is 37.8 Å². The average Bonchev–Trinajstić information content (AvgIpc) is 3.41. The number of hydrogen-bond donors (Lipinski definition) is 2. The van der Waals surface area contributed by atoms with Crippen LogP contribution in [0.25, 0.3) is 10.9 Å². The highest BCUT2D eigenvalue weighted by Gasteiger charge is 2.39. The van der Waals surface area contributed by atoms with Gasteiger partial charge in [0.1, 0.15) is 12.2 Å². The molecule has 3 aromatic rings. The van der Waals surface area contributed by atoms with Gasteiger partial charge in [0.25, 0.3) is 0 Å². The SMILES string of the molecule is CC1CN(c2ccc(C#N)c3ncccc23)CC2c3ccc(NC4CNCC4F)cc3CN12. The van der Waals surface area contributed by atoms with Crippen LogP contribution >= 0.6 is 0 Å². The average molecular weight is 443 g/mol. The van der Waals surface area contributed by atoms with E-state index in [4.69, 9.17) is 0 Å². The Balaban J connectivity index is 1.30. The molecule has 4 unspecified atom stereocenters. The fourth-order valence-electron chi connectivity index (χ4n) is 5.74. The first-order valence-electron chi connectivity index (χ1n) is 11.6. The van der Waals surface area contributed by atoms with E-state index in [9.17, 15) is 9.65 Å². The van der Waals surface area contributed by atoms with Crippen LogP contribution in [0.1, 0.15) is 29.7 Å². The number of pyridine rings is 1. The van der Waals surface area contributed by atoms with E-state index in [-0.39, 0.29) is 6.04 Å². The molecule has 1 aromatic heterocycles. The second kappa shape index (κ2) is 7.98. The summed E-state index contributed by atoms with van der Waals surface area (Å²) in [5.41, 5.74) is 6.19. The van der Waals surface area contributed by atoms with Crippen LogP contribution in [-0.4, -0.2) is 54.3 Å². The first-order valence-corrected chi connectivity index (χ1v) is 11.6. The topological polar surface area (TPSA) is 67.2 Å². The lowest BCUT2D eigenvalue weighted by Crippen LogP contribution is -2.51. The van der Waals surface area contributed by atoms with Crippen molar-refractivity contribution in [1.82, 2.24) is 15.2 Å². The number of halogens is 1. The molecule has 4 atom stereocenters. The summed E-state index contributed by atoms with van der Waals surface area (Å²) in [5, 5.41) is 17.0. The first-order chi connectivity index (χ1) is 16.1. The van der Waals surface area contributed by atoms with Crippen molar-refractivity contribution in [3.05, 3.63) is 65.4 Å². The molecule has 168 valence electrons. The second-order valence-electron chi connectivity index (χ2n) is 9.42. The van der Waals surface area contributed by atoms with Gasteiger partial charge in [0.2, 0.25) is 0 Å². The molecule has 0 bridgehead atoms. The number of nitrogens with one attached hydrogen (secondary N) is 2. The molecule has 33 heavy (non-hydrogen) atoms. The number of benzene rings is 2. The molecule has 0 saturated carbocycles. The molecule has 0 amide bonds. The van der Waals surface area contributed by atoms with Gasteiger partial charge in [0, 0.05) is 61.7 Å². The number of nitrogens with zero attached hydrogens (tertiary/aromatic N) is 4. The number of hydrogen-bond acceptors (Lipinski definition) is 6. The van der Waals surface area contributed by atoms with Gasteiger partial charge < -0.3 is 15.5 Å². The fraction of sp³-hybridized carbons (Fsp3) is 0.385. The molecule has 2 aromatic carbocycles. The number of aromatic nitrogens is 1. The molecule has 0 radical (unpaired) electrons. The fourth-order valence-corrected chi connectivity index (χ4v) is 5.74. The van der Waals surface area contributed by atoms with Gasteiger partial charge in [-0.2, -0.15) is 5.26 Å². The van der Waals surface area contributed by atoms with Crippen LogP contribution in [0.5, 0.6) is 0 Å². The molecule has 0 aliphatic carbocycles. The Hall–Kier alpha value is -3.21. The van der Waals surface area contributed by atoms with Crippen molar-refractivity contribution in [3.8, 4) is 6.07 Å². The van der Waals surface area contributed by atoms with Gasteiger partial charge in [-0.1, -0.05) is 6.07 Å². The lowest BCUT2D eigenvalue weighted by Gasteiger charge is -2.43. The molecule has 4 heterocycles. The molecule has 3 aliphatic rings. The molecule has 7 heteroatoms. The molecule has 6 rings (SSSR count). The molecule has 6 nitrogen and oxygen atoms in total.